The van der Waals surface area contributed by atoms with Crippen molar-refractivity contribution in [3.63, 3.8) is 0 Å². The quantitative estimate of drug-likeness (QED) is 0.442. The van der Waals surface area contributed by atoms with E-state index in [-0.39, 0.29) is 31.7 Å². The first-order chi connectivity index (χ1) is 18.6. The molecule has 3 N–H and O–H groups in total. The smallest absolute Gasteiger partial charge is 0.421 e. The summed E-state index contributed by atoms with van der Waals surface area (Å²) in [6, 6.07) is 5.79. The number of anilines is 3. The number of halogens is 3. The van der Waals surface area contributed by atoms with Crippen molar-refractivity contribution in [2.24, 2.45) is 0 Å². The van der Waals surface area contributed by atoms with Crippen LogP contribution in [0.5, 0.6) is 0 Å². The third kappa shape index (κ3) is 7.96. The van der Waals surface area contributed by atoms with Gasteiger partial charge in [0.2, 0.25) is 5.95 Å². The molecule has 2 amide bonds. The number of rotatable bonds is 7. The Hall–Kier alpha value is -3.61. The van der Waals surface area contributed by atoms with Gasteiger partial charge in [-0.3, -0.25) is 4.79 Å². The molecule has 2 aromatic rings. The number of alkyl carbamates (subject to hydrolysis) is 1. The molecule has 10 nitrogen and oxygen atoms in total. The van der Waals surface area contributed by atoms with E-state index in [9.17, 15) is 22.8 Å². The Bertz CT molecular complexity index is 1140. The molecule has 220 valence electrons. The van der Waals surface area contributed by atoms with Crippen molar-refractivity contribution in [1.29, 1.82) is 0 Å². The highest BCUT2D eigenvalue weighted by Gasteiger charge is 2.37. The third-order valence-corrected chi connectivity index (χ3v) is 6.94. The molecule has 1 aromatic heterocycles. The molecule has 0 unspecified atom stereocenters. The second-order valence-electron chi connectivity index (χ2n) is 9.76. The molecule has 1 aliphatic heterocycles. The number of carbonyl (C=O) groups excluding carboxylic acids is 2. The van der Waals surface area contributed by atoms with E-state index in [4.69, 9.17) is 4.74 Å². The zero-order valence-corrected chi connectivity index (χ0v) is 22.1. The fourth-order valence-corrected chi connectivity index (χ4v) is 4.75. The van der Waals surface area contributed by atoms with Gasteiger partial charge in [0.1, 0.15) is 11.4 Å². The van der Waals surface area contributed by atoms with E-state index in [2.05, 4.69) is 30.8 Å². The number of likely N-dealkylation sites (N-methyl/N-ethyl adjacent to an activating group) is 1. The lowest BCUT2D eigenvalue weighted by molar-refractivity contribution is -0.137. The van der Waals surface area contributed by atoms with Crippen LogP contribution >= 0.6 is 0 Å². The minimum Gasteiger partial charge on any atom is -0.450 e. The zero-order chi connectivity index (χ0) is 28.0. The number of piperazine rings is 1. The predicted molar refractivity (Wildman–Crippen MR) is 147 cm³/mol. The third-order valence-electron chi connectivity index (χ3n) is 6.94. The lowest BCUT2D eigenvalue weighted by atomic mass is 9.90. The molecule has 4 rings (SSSR count). The van der Waals surface area contributed by atoms with Crippen LogP contribution < -0.4 is 16.0 Å². The van der Waals surface area contributed by atoms with E-state index >= 15 is 0 Å². The van der Waals surface area contributed by atoms with Crippen LogP contribution in [0.15, 0.2) is 30.5 Å². The average Bonchev–Trinajstić information content (AvgIpc) is 2.90. The summed E-state index contributed by atoms with van der Waals surface area (Å²) < 4.78 is 46.3. The molecule has 1 aromatic carbocycles. The number of benzene rings is 1. The molecular formula is C27H38F3N7O3. The van der Waals surface area contributed by atoms with Crippen molar-refractivity contribution < 1.29 is 27.5 Å². The maximum atomic E-state index is 13.8. The van der Waals surface area contributed by atoms with Crippen molar-refractivity contribution in [3.05, 3.63) is 41.6 Å². The highest BCUT2D eigenvalue weighted by molar-refractivity contribution is 5.94. The highest BCUT2D eigenvalue weighted by Crippen LogP contribution is 2.35. The topological polar surface area (TPSA) is 112 Å². The van der Waals surface area contributed by atoms with Crippen LogP contribution in [0.25, 0.3) is 0 Å². The maximum absolute atomic E-state index is 13.8. The second kappa shape index (κ2) is 13.6. The van der Waals surface area contributed by atoms with Crippen LogP contribution in [0.3, 0.4) is 0 Å². The predicted octanol–water partition coefficient (Wildman–Crippen LogP) is 4.73. The number of amides is 2. The Labute approximate surface area is 232 Å². The highest BCUT2D eigenvalue weighted by atomic mass is 19.4. The van der Waals surface area contributed by atoms with Crippen LogP contribution in [-0.2, 0) is 10.9 Å². The lowest BCUT2D eigenvalue weighted by Crippen LogP contribution is -2.49. The van der Waals surface area contributed by atoms with Gasteiger partial charge in [0.15, 0.2) is 0 Å². The summed E-state index contributed by atoms with van der Waals surface area (Å²) in [7, 11) is 2.01. The van der Waals surface area contributed by atoms with Gasteiger partial charge in [0.25, 0.3) is 5.91 Å². The van der Waals surface area contributed by atoms with E-state index in [1.54, 1.807) is 36.1 Å². The average molecular weight is 566 g/mol. The Morgan fingerprint density at radius 2 is 1.70 bits per heavy atom. The first-order valence-electron chi connectivity index (χ1n) is 13.1. The van der Waals surface area contributed by atoms with Crippen LogP contribution in [0.4, 0.5) is 35.4 Å². The van der Waals surface area contributed by atoms with Gasteiger partial charge >= 0.3 is 12.3 Å². The Morgan fingerprint density at radius 3 is 2.33 bits per heavy atom. The van der Waals surface area contributed by atoms with Gasteiger partial charge in [-0.25, -0.2) is 9.78 Å². The standard InChI is InChI=1S/C26H34F3N7O3.CH4/c1-3-39-25(38)33-21-7-5-4-6-20(21)32-22-19(26(27,28)29)16-30-24(34-22)31-18-10-8-17(9-11-18)23(37)36-14-12-35(2)13-15-36;/h8-11,16,20-21H,3-7,12-15H2,1-2H3,(H,33,38)(H2,30,31,32,34);1H4/t20-,21+;/m1./s1. The minimum absolute atomic E-state index is 0. The summed E-state index contributed by atoms with van der Waals surface area (Å²) in [4.78, 5) is 36.7. The molecule has 2 heterocycles. The molecule has 40 heavy (non-hydrogen) atoms. The Morgan fingerprint density at radius 1 is 1.05 bits per heavy atom. The Balaban J connectivity index is 0.00000441. The van der Waals surface area contributed by atoms with Gasteiger partial charge in [-0.05, 0) is 51.1 Å². The van der Waals surface area contributed by atoms with Crippen molar-refractivity contribution in [2.45, 2.75) is 58.3 Å². The monoisotopic (exact) mass is 565 g/mol. The maximum Gasteiger partial charge on any atom is 0.421 e. The van der Waals surface area contributed by atoms with Crippen molar-refractivity contribution in [3.8, 4) is 0 Å². The fraction of sp³-hybridized carbons (Fsp3) is 0.556. The number of ether oxygens (including phenoxy) is 1. The number of nitrogens with zero attached hydrogens (tertiary/aromatic N) is 4. The van der Waals surface area contributed by atoms with E-state index in [1.807, 2.05) is 7.05 Å². The number of hydrogen-bond donors (Lipinski definition) is 3. The van der Waals surface area contributed by atoms with Crippen LogP contribution in [0.2, 0.25) is 0 Å². The largest absolute Gasteiger partial charge is 0.450 e. The van der Waals surface area contributed by atoms with Gasteiger partial charge < -0.3 is 30.5 Å². The van der Waals surface area contributed by atoms with E-state index in [0.29, 0.717) is 37.2 Å². The summed E-state index contributed by atoms with van der Waals surface area (Å²) >= 11 is 0. The minimum atomic E-state index is -4.68. The molecule has 2 fully saturated rings. The number of aromatic nitrogens is 2. The molecule has 2 aliphatic rings. The normalized spacial score (nSPS) is 19.8. The van der Waals surface area contributed by atoms with Gasteiger partial charge in [-0.2, -0.15) is 18.2 Å². The van der Waals surface area contributed by atoms with Gasteiger partial charge in [0, 0.05) is 49.7 Å². The molecule has 1 aliphatic carbocycles. The molecular weight excluding hydrogens is 527 g/mol. The molecule has 1 saturated heterocycles. The number of hydrogen-bond acceptors (Lipinski definition) is 8. The molecule has 0 spiro atoms. The second-order valence-corrected chi connectivity index (χ2v) is 9.76. The van der Waals surface area contributed by atoms with Crippen molar-refractivity contribution >= 4 is 29.5 Å². The number of nitrogens with one attached hydrogen (secondary N) is 3. The van der Waals surface area contributed by atoms with Crippen molar-refractivity contribution in [1.82, 2.24) is 25.1 Å². The van der Waals surface area contributed by atoms with Gasteiger partial charge in [-0.15, -0.1) is 0 Å². The van der Waals surface area contributed by atoms with E-state index < -0.39 is 29.9 Å². The number of alkyl halides is 3. The van der Waals surface area contributed by atoms with Gasteiger partial charge in [0.05, 0.1) is 12.6 Å². The summed E-state index contributed by atoms with van der Waals surface area (Å²) in [5.41, 5.74) is 0.0509. The number of carbonyl (C=O) groups is 2. The van der Waals surface area contributed by atoms with Crippen molar-refractivity contribution in [2.75, 3.05) is 50.5 Å². The van der Waals surface area contributed by atoms with E-state index in [1.165, 1.54) is 0 Å². The summed E-state index contributed by atoms with van der Waals surface area (Å²) in [6.45, 7) is 4.81. The summed E-state index contributed by atoms with van der Waals surface area (Å²) in [6.07, 6.45) is -1.74. The SMILES string of the molecule is C.CCOC(=O)N[C@H]1CCCC[C@H]1Nc1nc(Nc2ccc(C(=O)N3CCN(C)CC3)cc2)ncc1C(F)(F)F. The first-order valence-corrected chi connectivity index (χ1v) is 13.1. The van der Waals surface area contributed by atoms with E-state index in [0.717, 1.165) is 32.1 Å². The van der Waals surface area contributed by atoms with Crippen LogP contribution in [0.1, 0.15) is 56.0 Å². The Kier molecular flexibility index (Phi) is 10.5. The molecule has 0 bridgehead atoms. The molecule has 0 radical (unpaired) electrons. The van der Waals surface area contributed by atoms with Crippen LogP contribution in [-0.4, -0.2) is 83.7 Å². The fourth-order valence-electron chi connectivity index (χ4n) is 4.75. The summed E-state index contributed by atoms with van der Waals surface area (Å²) in [5, 5.41) is 8.57. The van der Waals surface area contributed by atoms with Crippen LogP contribution in [0, 0.1) is 0 Å². The van der Waals surface area contributed by atoms with Gasteiger partial charge in [-0.1, -0.05) is 20.3 Å². The molecule has 2 atom stereocenters. The first kappa shape index (κ1) is 30.9. The molecule has 1 saturated carbocycles. The zero-order valence-electron chi connectivity index (χ0n) is 22.1. The summed E-state index contributed by atoms with van der Waals surface area (Å²) in [5.74, 6) is -0.468. The molecule has 13 heteroatoms. The lowest BCUT2D eigenvalue weighted by Gasteiger charge is -2.33.